The third-order valence-electron chi connectivity index (χ3n) is 10.3. The Balaban J connectivity index is 1.04. The van der Waals surface area contributed by atoms with Gasteiger partial charge in [-0.2, -0.15) is 0 Å². The molecule has 4 aliphatic rings. The van der Waals surface area contributed by atoms with Gasteiger partial charge in [-0.1, -0.05) is 73.9 Å². The SMILES string of the molecule is C1=C(c2cc3c(c(C4CCCCC4)c2)OCN(c2ccccc2)C3)CCC(c2ccc3c(c2)CN(c2ccccc2)CO3)C1. The second-order valence-electron chi connectivity index (χ2n) is 13.1. The first-order chi connectivity index (χ1) is 21.8. The van der Waals surface area contributed by atoms with Crippen LogP contribution in [0.4, 0.5) is 11.4 Å². The normalized spacial score (nSPS) is 20.2. The molecule has 0 saturated heterocycles. The summed E-state index contributed by atoms with van der Waals surface area (Å²) in [5, 5.41) is 0. The van der Waals surface area contributed by atoms with E-state index in [1.807, 2.05) is 0 Å². The van der Waals surface area contributed by atoms with Gasteiger partial charge in [-0.3, -0.25) is 0 Å². The lowest BCUT2D eigenvalue weighted by Gasteiger charge is -2.35. The third kappa shape index (κ3) is 5.47. The van der Waals surface area contributed by atoms with Crippen LogP contribution >= 0.6 is 0 Å². The molecule has 4 aromatic carbocycles. The summed E-state index contributed by atoms with van der Waals surface area (Å²) >= 11 is 0. The quantitative estimate of drug-likeness (QED) is 0.234. The molecule has 0 spiro atoms. The topological polar surface area (TPSA) is 24.9 Å². The van der Waals surface area contributed by atoms with Crippen LogP contribution in [0.25, 0.3) is 5.57 Å². The molecule has 2 aliphatic heterocycles. The first kappa shape index (κ1) is 27.4. The minimum absolute atomic E-state index is 0.545. The van der Waals surface area contributed by atoms with Gasteiger partial charge >= 0.3 is 0 Å². The zero-order valence-corrected chi connectivity index (χ0v) is 25.6. The Morgan fingerprint density at radius 1 is 0.614 bits per heavy atom. The van der Waals surface area contributed by atoms with Gasteiger partial charge in [0.15, 0.2) is 13.5 Å². The van der Waals surface area contributed by atoms with Crippen LogP contribution in [0.5, 0.6) is 11.5 Å². The maximum Gasteiger partial charge on any atom is 0.161 e. The zero-order chi connectivity index (χ0) is 29.3. The Bertz CT molecular complexity index is 1640. The van der Waals surface area contributed by atoms with E-state index in [9.17, 15) is 0 Å². The van der Waals surface area contributed by atoms with Crippen LogP contribution in [0.1, 0.15) is 91.0 Å². The van der Waals surface area contributed by atoms with Gasteiger partial charge in [0, 0.05) is 35.6 Å². The maximum atomic E-state index is 6.57. The van der Waals surface area contributed by atoms with Crippen molar-refractivity contribution in [1.29, 1.82) is 0 Å². The molecule has 0 aromatic heterocycles. The third-order valence-corrected chi connectivity index (χ3v) is 10.3. The van der Waals surface area contributed by atoms with Crippen LogP contribution < -0.4 is 19.3 Å². The molecule has 2 aliphatic carbocycles. The van der Waals surface area contributed by atoms with Crippen molar-refractivity contribution in [3.63, 3.8) is 0 Å². The Kier molecular flexibility index (Phi) is 7.51. The number of allylic oxidation sites excluding steroid dienone is 2. The highest BCUT2D eigenvalue weighted by molar-refractivity contribution is 5.70. The second kappa shape index (κ2) is 12.1. The number of fused-ring (bicyclic) bond motifs is 2. The van der Waals surface area contributed by atoms with Crippen LogP contribution in [0.15, 0.2) is 97.1 Å². The summed E-state index contributed by atoms with van der Waals surface area (Å²) in [6, 6.07) is 33.1. The molecule has 4 heteroatoms. The van der Waals surface area contributed by atoms with Crippen LogP contribution in [-0.4, -0.2) is 13.5 Å². The van der Waals surface area contributed by atoms with E-state index in [-0.39, 0.29) is 0 Å². The molecule has 1 atom stereocenters. The predicted molar refractivity (Wildman–Crippen MR) is 180 cm³/mol. The zero-order valence-electron chi connectivity index (χ0n) is 25.6. The average Bonchev–Trinajstić information content (AvgIpc) is 3.11. The van der Waals surface area contributed by atoms with Crippen molar-refractivity contribution in [1.82, 2.24) is 0 Å². The lowest BCUT2D eigenvalue weighted by atomic mass is 9.79. The number of benzene rings is 4. The summed E-state index contributed by atoms with van der Waals surface area (Å²) in [5.74, 6) is 3.36. The lowest BCUT2D eigenvalue weighted by molar-refractivity contribution is 0.281. The van der Waals surface area contributed by atoms with Crippen molar-refractivity contribution in [2.75, 3.05) is 23.3 Å². The highest BCUT2D eigenvalue weighted by atomic mass is 16.5. The summed E-state index contributed by atoms with van der Waals surface area (Å²) in [4.78, 5) is 4.67. The monoisotopic (exact) mass is 582 g/mol. The van der Waals surface area contributed by atoms with Crippen LogP contribution in [0, 0.1) is 0 Å². The molecular formula is C40H42N2O2. The van der Waals surface area contributed by atoms with Crippen molar-refractivity contribution in [2.24, 2.45) is 0 Å². The van der Waals surface area contributed by atoms with Gasteiger partial charge in [0.2, 0.25) is 0 Å². The first-order valence-electron chi connectivity index (χ1n) is 16.6. The Morgan fingerprint density at radius 2 is 1.32 bits per heavy atom. The van der Waals surface area contributed by atoms with E-state index in [4.69, 9.17) is 9.47 Å². The molecule has 224 valence electrons. The van der Waals surface area contributed by atoms with Gasteiger partial charge < -0.3 is 19.3 Å². The van der Waals surface area contributed by atoms with Crippen molar-refractivity contribution in [3.8, 4) is 11.5 Å². The van der Waals surface area contributed by atoms with Crippen molar-refractivity contribution in [3.05, 3.63) is 125 Å². The Hall–Kier alpha value is -4.18. The van der Waals surface area contributed by atoms with E-state index >= 15 is 0 Å². The second-order valence-corrected chi connectivity index (χ2v) is 13.1. The van der Waals surface area contributed by atoms with Gasteiger partial charge in [0.1, 0.15) is 11.5 Å². The van der Waals surface area contributed by atoms with E-state index in [1.54, 1.807) is 0 Å². The van der Waals surface area contributed by atoms with Gasteiger partial charge in [-0.25, -0.2) is 0 Å². The Morgan fingerprint density at radius 3 is 2.02 bits per heavy atom. The molecule has 1 fully saturated rings. The molecular weight excluding hydrogens is 540 g/mol. The van der Waals surface area contributed by atoms with Crippen molar-refractivity contribution in [2.45, 2.75) is 76.3 Å². The minimum Gasteiger partial charge on any atom is -0.473 e. The summed E-state index contributed by atoms with van der Waals surface area (Å²) in [5.41, 5.74) is 10.9. The largest absolute Gasteiger partial charge is 0.473 e. The number of nitrogens with zero attached hydrogens (tertiary/aromatic N) is 2. The molecule has 8 rings (SSSR count). The molecule has 4 nitrogen and oxygen atoms in total. The maximum absolute atomic E-state index is 6.57. The minimum atomic E-state index is 0.545. The average molecular weight is 583 g/mol. The van der Waals surface area contributed by atoms with E-state index in [1.165, 1.54) is 89.0 Å². The summed E-state index contributed by atoms with van der Waals surface area (Å²) < 4.78 is 12.7. The fourth-order valence-corrected chi connectivity index (χ4v) is 7.83. The van der Waals surface area contributed by atoms with Gasteiger partial charge in [0.05, 0.1) is 0 Å². The number of para-hydroxylation sites is 2. The van der Waals surface area contributed by atoms with Gasteiger partial charge in [0.25, 0.3) is 0 Å². The van der Waals surface area contributed by atoms with E-state index < -0.39 is 0 Å². The van der Waals surface area contributed by atoms with Gasteiger partial charge in [-0.05, 0) is 109 Å². The molecule has 1 saturated carbocycles. The van der Waals surface area contributed by atoms with Crippen LogP contribution in [-0.2, 0) is 13.1 Å². The number of rotatable bonds is 5. The fourth-order valence-electron chi connectivity index (χ4n) is 7.83. The van der Waals surface area contributed by atoms with Crippen LogP contribution in [0.3, 0.4) is 0 Å². The number of ether oxygens (including phenoxy) is 2. The first-order valence-corrected chi connectivity index (χ1v) is 16.6. The smallest absolute Gasteiger partial charge is 0.161 e. The molecule has 1 unspecified atom stereocenters. The molecule has 0 radical (unpaired) electrons. The molecule has 2 heterocycles. The molecule has 4 aromatic rings. The van der Waals surface area contributed by atoms with Crippen molar-refractivity contribution < 1.29 is 9.47 Å². The molecule has 0 N–H and O–H groups in total. The van der Waals surface area contributed by atoms with E-state index in [2.05, 4.69) is 107 Å². The summed E-state index contributed by atoms with van der Waals surface area (Å²) in [6.45, 7) is 3.02. The predicted octanol–water partition coefficient (Wildman–Crippen LogP) is 9.80. The number of hydrogen-bond donors (Lipinski definition) is 0. The molecule has 0 amide bonds. The number of anilines is 2. The Labute approximate surface area is 261 Å². The van der Waals surface area contributed by atoms with Crippen molar-refractivity contribution >= 4 is 16.9 Å². The van der Waals surface area contributed by atoms with Crippen LogP contribution in [0.2, 0.25) is 0 Å². The standard InChI is InChI=1S/C40H42N2O2/c1-4-10-31(11-5-1)38-24-33(23-35-26-42(28-44-40(35)38)37-14-8-3-9-15-37)30-18-16-29(17-19-30)32-20-21-39-34(22-32)25-41(27-43-39)36-12-6-2-7-13-36/h2-3,6-9,12-15,18,20-24,29,31H,1,4-5,10-11,16-17,19,25-28H2. The van der Waals surface area contributed by atoms with E-state index in [0.717, 1.165) is 31.7 Å². The van der Waals surface area contributed by atoms with Gasteiger partial charge in [-0.15, -0.1) is 0 Å². The molecule has 44 heavy (non-hydrogen) atoms. The lowest BCUT2D eigenvalue weighted by Crippen LogP contribution is -2.32. The highest BCUT2D eigenvalue weighted by Gasteiger charge is 2.28. The number of hydrogen-bond acceptors (Lipinski definition) is 4. The van der Waals surface area contributed by atoms with E-state index in [0.29, 0.717) is 25.3 Å². The molecule has 0 bridgehead atoms. The fraction of sp³-hybridized carbons (Fsp3) is 0.350. The summed E-state index contributed by atoms with van der Waals surface area (Å²) in [6.07, 6.45) is 12.5. The summed E-state index contributed by atoms with van der Waals surface area (Å²) in [7, 11) is 0. The highest BCUT2D eigenvalue weighted by Crippen LogP contribution is 2.45.